The third-order valence-corrected chi connectivity index (χ3v) is 3.79. The van der Waals surface area contributed by atoms with Crippen LogP contribution in [-0.4, -0.2) is 11.9 Å². The molecule has 0 aromatic heterocycles. The van der Waals surface area contributed by atoms with Crippen LogP contribution in [0.5, 0.6) is 0 Å². The smallest absolute Gasteiger partial charge is 0.383 e. The van der Waals surface area contributed by atoms with Gasteiger partial charge in [0.2, 0.25) is 0 Å². The van der Waals surface area contributed by atoms with Gasteiger partial charge in [0.05, 0.1) is 11.1 Å². The van der Waals surface area contributed by atoms with Crippen molar-refractivity contribution in [1.82, 2.24) is 0 Å². The number of rotatable bonds is 4. The maximum absolute atomic E-state index is 12.9. The molecule has 0 aliphatic carbocycles. The fourth-order valence-electron chi connectivity index (χ4n) is 2.46. The number of halogens is 6. The fraction of sp³-hybridized carbons (Fsp3) is 0.316. The summed E-state index contributed by atoms with van der Waals surface area (Å²) in [6.45, 7) is 5.61. The van der Waals surface area contributed by atoms with Crippen LogP contribution in [0.4, 0.5) is 37.7 Å². The Kier molecular flexibility index (Phi) is 5.96. The van der Waals surface area contributed by atoms with Crippen LogP contribution in [0.2, 0.25) is 0 Å². The van der Waals surface area contributed by atoms with Gasteiger partial charge in [-0.1, -0.05) is 6.07 Å². The number of carbonyl (C=O) groups is 1. The molecule has 0 spiro atoms. The van der Waals surface area contributed by atoms with Crippen LogP contribution in [0, 0.1) is 6.92 Å². The second-order valence-electron chi connectivity index (χ2n) is 6.58. The van der Waals surface area contributed by atoms with E-state index < -0.39 is 35.0 Å². The van der Waals surface area contributed by atoms with Gasteiger partial charge < -0.3 is 10.6 Å². The molecule has 1 amide bonds. The van der Waals surface area contributed by atoms with Crippen LogP contribution in [0.25, 0.3) is 0 Å². The minimum absolute atomic E-state index is 0.0205. The average Bonchev–Trinajstić information content (AvgIpc) is 2.55. The molecule has 152 valence electrons. The summed E-state index contributed by atoms with van der Waals surface area (Å²) in [6.07, 6.45) is -10.0. The van der Waals surface area contributed by atoms with Crippen molar-refractivity contribution in [2.24, 2.45) is 0 Å². The molecule has 0 aliphatic heterocycles. The molecule has 0 aliphatic rings. The molecule has 0 fully saturated rings. The molecule has 0 bridgehead atoms. The molecule has 0 unspecified atom stereocenters. The molecule has 0 heterocycles. The third kappa shape index (κ3) is 5.40. The van der Waals surface area contributed by atoms with E-state index in [1.165, 1.54) is 6.07 Å². The van der Waals surface area contributed by atoms with Crippen molar-refractivity contribution in [1.29, 1.82) is 0 Å². The molecule has 0 atom stereocenters. The number of hydrogen-bond acceptors (Lipinski definition) is 2. The van der Waals surface area contributed by atoms with Crippen molar-refractivity contribution in [3.63, 3.8) is 0 Å². The highest BCUT2D eigenvalue weighted by molar-refractivity contribution is 6.04. The standard InChI is InChI=1S/C19H18F6N2O/c1-10(2)26-16-9-15(5-4-11(16)3)27-17(28)12-6-13(18(20,21)22)8-14(7-12)19(23,24)25/h4-10,26H,1-3H3,(H,27,28). The van der Waals surface area contributed by atoms with Gasteiger partial charge in [-0.25, -0.2) is 0 Å². The van der Waals surface area contributed by atoms with Crippen LogP contribution >= 0.6 is 0 Å². The predicted molar refractivity (Wildman–Crippen MR) is 94.3 cm³/mol. The van der Waals surface area contributed by atoms with Crippen LogP contribution < -0.4 is 10.6 Å². The molecule has 3 nitrogen and oxygen atoms in total. The first-order valence-corrected chi connectivity index (χ1v) is 8.25. The molecule has 9 heteroatoms. The van der Waals surface area contributed by atoms with Gasteiger partial charge in [0.25, 0.3) is 5.91 Å². The Morgan fingerprint density at radius 1 is 0.893 bits per heavy atom. The van der Waals surface area contributed by atoms with E-state index in [2.05, 4.69) is 10.6 Å². The maximum atomic E-state index is 12.9. The summed E-state index contributed by atoms with van der Waals surface area (Å²) in [4.78, 5) is 12.3. The Hall–Kier alpha value is -2.71. The highest BCUT2D eigenvalue weighted by atomic mass is 19.4. The van der Waals surface area contributed by atoms with E-state index >= 15 is 0 Å². The summed E-state index contributed by atoms with van der Waals surface area (Å²) in [6, 6.07) is 5.60. The van der Waals surface area contributed by atoms with E-state index in [0.717, 1.165) is 5.56 Å². The highest BCUT2D eigenvalue weighted by Crippen LogP contribution is 2.36. The van der Waals surface area contributed by atoms with Gasteiger partial charge in [0.1, 0.15) is 0 Å². The molecule has 0 radical (unpaired) electrons. The monoisotopic (exact) mass is 404 g/mol. The summed E-state index contributed by atoms with van der Waals surface area (Å²) in [7, 11) is 0. The third-order valence-electron chi connectivity index (χ3n) is 3.79. The van der Waals surface area contributed by atoms with Gasteiger partial charge in [-0.05, 0) is 56.7 Å². The Balaban J connectivity index is 2.39. The quantitative estimate of drug-likeness (QED) is 0.604. The average molecular weight is 404 g/mol. The summed E-state index contributed by atoms with van der Waals surface area (Å²) < 4.78 is 77.6. The van der Waals surface area contributed by atoms with Gasteiger partial charge in [0.15, 0.2) is 0 Å². The van der Waals surface area contributed by atoms with Crippen molar-refractivity contribution in [2.45, 2.75) is 39.2 Å². The molecule has 2 aromatic rings. The van der Waals surface area contributed by atoms with Gasteiger partial charge in [0, 0.05) is 23.0 Å². The SMILES string of the molecule is Cc1ccc(NC(=O)c2cc(C(F)(F)F)cc(C(F)(F)F)c2)cc1NC(C)C. The number of aryl methyl sites for hydroxylation is 1. The van der Waals surface area contributed by atoms with E-state index in [4.69, 9.17) is 0 Å². The van der Waals surface area contributed by atoms with Crippen LogP contribution in [0.3, 0.4) is 0 Å². The Morgan fingerprint density at radius 3 is 1.89 bits per heavy atom. The lowest BCUT2D eigenvalue weighted by molar-refractivity contribution is -0.143. The van der Waals surface area contributed by atoms with Gasteiger partial charge >= 0.3 is 12.4 Å². The number of alkyl halides is 6. The van der Waals surface area contributed by atoms with Crippen molar-refractivity contribution in [3.05, 3.63) is 58.7 Å². The van der Waals surface area contributed by atoms with Gasteiger partial charge in [-0.15, -0.1) is 0 Å². The fourth-order valence-corrected chi connectivity index (χ4v) is 2.46. The van der Waals surface area contributed by atoms with Crippen molar-refractivity contribution < 1.29 is 31.1 Å². The summed E-state index contributed by atoms with van der Waals surface area (Å²) in [5, 5.41) is 5.48. The lowest BCUT2D eigenvalue weighted by Crippen LogP contribution is -2.17. The minimum atomic E-state index is -5.02. The summed E-state index contributed by atoms with van der Waals surface area (Å²) in [5.41, 5.74) is -2.03. The molecular weight excluding hydrogens is 386 g/mol. The summed E-state index contributed by atoms with van der Waals surface area (Å²) >= 11 is 0. The lowest BCUT2D eigenvalue weighted by Gasteiger charge is -2.16. The first-order chi connectivity index (χ1) is 12.8. The van der Waals surface area contributed by atoms with E-state index in [-0.39, 0.29) is 17.8 Å². The highest BCUT2D eigenvalue weighted by Gasteiger charge is 2.37. The van der Waals surface area contributed by atoms with E-state index in [1.807, 2.05) is 20.8 Å². The largest absolute Gasteiger partial charge is 0.416 e. The first kappa shape index (κ1) is 21.6. The topological polar surface area (TPSA) is 41.1 Å². The summed E-state index contributed by atoms with van der Waals surface area (Å²) in [5.74, 6) is -1.07. The van der Waals surface area contributed by atoms with E-state index in [0.29, 0.717) is 17.8 Å². The maximum Gasteiger partial charge on any atom is 0.416 e. The van der Waals surface area contributed by atoms with Crippen LogP contribution in [0.1, 0.15) is 40.9 Å². The zero-order valence-electron chi connectivity index (χ0n) is 15.2. The zero-order chi connectivity index (χ0) is 21.3. The molecule has 2 rings (SSSR count). The van der Waals surface area contributed by atoms with Gasteiger partial charge in [-0.2, -0.15) is 26.3 Å². The molecule has 28 heavy (non-hydrogen) atoms. The number of anilines is 2. The molecule has 0 saturated carbocycles. The van der Waals surface area contributed by atoms with Gasteiger partial charge in [-0.3, -0.25) is 4.79 Å². The minimum Gasteiger partial charge on any atom is -0.383 e. The van der Waals surface area contributed by atoms with E-state index in [9.17, 15) is 31.1 Å². The molecule has 2 N–H and O–H groups in total. The Bertz CT molecular complexity index is 839. The molecular formula is C19H18F6N2O. The number of carbonyl (C=O) groups excluding carboxylic acids is 1. The van der Waals surface area contributed by atoms with Crippen molar-refractivity contribution in [3.8, 4) is 0 Å². The number of benzene rings is 2. The Morgan fingerprint density at radius 2 is 1.43 bits per heavy atom. The number of amides is 1. The predicted octanol–water partition coefficient (Wildman–Crippen LogP) is 6.11. The molecule has 2 aromatic carbocycles. The normalized spacial score (nSPS) is 12.2. The van der Waals surface area contributed by atoms with Crippen molar-refractivity contribution in [2.75, 3.05) is 10.6 Å². The van der Waals surface area contributed by atoms with Crippen molar-refractivity contribution >= 4 is 17.3 Å². The van der Waals surface area contributed by atoms with E-state index in [1.54, 1.807) is 12.1 Å². The second kappa shape index (κ2) is 7.73. The first-order valence-electron chi connectivity index (χ1n) is 8.25. The molecule has 0 saturated heterocycles. The second-order valence-corrected chi connectivity index (χ2v) is 6.58. The van der Waals surface area contributed by atoms with Crippen LogP contribution in [0.15, 0.2) is 36.4 Å². The number of hydrogen-bond donors (Lipinski definition) is 2. The zero-order valence-corrected chi connectivity index (χ0v) is 15.2. The lowest BCUT2D eigenvalue weighted by atomic mass is 10.0. The van der Waals surface area contributed by atoms with Crippen LogP contribution in [-0.2, 0) is 12.4 Å². The number of nitrogens with one attached hydrogen (secondary N) is 2. The Labute approximate surface area is 157 Å².